The number of amides is 1. The zero-order valence-corrected chi connectivity index (χ0v) is 17.0. The number of nitrogens with one attached hydrogen (secondary N) is 1. The van der Waals surface area contributed by atoms with Crippen molar-refractivity contribution in [3.8, 4) is 0 Å². The van der Waals surface area contributed by atoms with E-state index in [1.807, 2.05) is 7.05 Å². The Hall–Kier alpha value is -0.950. The molecule has 7 heteroatoms. The van der Waals surface area contributed by atoms with Crippen LogP contribution in [0.15, 0.2) is 4.99 Å². The second kappa shape index (κ2) is 9.31. The van der Waals surface area contributed by atoms with Crippen molar-refractivity contribution >= 4 is 23.6 Å². The van der Waals surface area contributed by atoms with E-state index in [0.29, 0.717) is 17.9 Å². The molecule has 3 aliphatic rings. The summed E-state index contributed by atoms with van der Waals surface area (Å²) in [4.78, 5) is 20.9. The number of nitrogens with two attached hydrogens (primary N) is 1. The van der Waals surface area contributed by atoms with Crippen molar-refractivity contribution in [2.24, 2.45) is 16.6 Å². The van der Waals surface area contributed by atoms with E-state index < -0.39 is 0 Å². The highest BCUT2D eigenvalue weighted by atomic mass is 32.2. The molecule has 0 radical (unpaired) electrons. The molecule has 0 aromatic heterocycles. The molecular weight excluding hydrogens is 346 g/mol. The third-order valence-corrected chi connectivity index (χ3v) is 7.25. The maximum absolute atomic E-state index is 11.3. The van der Waals surface area contributed by atoms with Crippen LogP contribution in [-0.4, -0.2) is 78.5 Å². The summed E-state index contributed by atoms with van der Waals surface area (Å²) in [7, 11) is 1.87. The Morgan fingerprint density at radius 1 is 1.23 bits per heavy atom. The van der Waals surface area contributed by atoms with Crippen LogP contribution in [0.5, 0.6) is 0 Å². The van der Waals surface area contributed by atoms with E-state index in [9.17, 15) is 4.79 Å². The summed E-state index contributed by atoms with van der Waals surface area (Å²) >= 11 is 2.08. The summed E-state index contributed by atoms with van der Waals surface area (Å²) in [5, 5.41) is 3.70. The molecule has 3 fully saturated rings. The van der Waals surface area contributed by atoms with Gasteiger partial charge in [0.25, 0.3) is 0 Å². The van der Waals surface area contributed by atoms with E-state index >= 15 is 0 Å². The molecule has 1 atom stereocenters. The number of nitrogens with zero attached hydrogens (tertiary/aromatic N) is 3. The zero-order valence-electron chi connectivity index (χ0n) is 16.2. The number of guanidine groups is 1. The predicted molar refractivity (Wildman–Crippen MR) is 110 cm³/mol. The number of rotatable bonds is 5. The second-order valence-corrected chi connectivity index (χ2v) is 9.28. The molecular formula is C19H35N5OS. The maximum atomic E-state index is 11.3. The zero-order chi connectivity index (χ0) is 18.4. The Balaban J connectivity index is 1.59. The highest BCUT2D eigenvalue weighted by molar-refractivity contribution is 7.99. The van der Waals surface area contributed by atoms with Gasteiger partial charge in [-0.1, -0.05) is 12.8 Å². The minimum absolute atomic E-state index is 0.187. The van der Waals surface area contributed by atoms with E-state index in [-0.39, 0.29) is 5.91 Å². The van der Waals surface area contributed by atoms with E-state index in [4.69, 9.17) is 5.73 Å². The third-order valence-electron chi connectivity index (χ3n) is 6.31. The number of primary amides is 1. The topological polar surface area (TPSA) is 74.0 Å². The molecule has 26 heavy (non-hydrogen) atoms. The van der Waals surface area contributed by atoms with Gasteiger partial charge in [-0.3, -0.25) is 14.7 Å². The first-order chi connectivity index (χ1) is 12.6. The van der Waals surface area contributed by atoms with Gasteiger partial charge in [0.2, 0.25) is 5.91 Å². The molecule has 2 saturated heterocycles. The van der Waals surface area contributed by atoms with Gasteiger partial charge in [0.1, 0.15) is 0 Å². The van der Waals surface area contributed by atoms with E-state index in [2.05, 4.69) is 31.9 Å². The molecule has 2 heterocycles. The van der Waals surface area contributed by atoms with Gasteiger partial charge in [0, 0.05) is 63.2 Å². The van der Waals surface area contributed by atoms with Crippen LogP contribution in [0.4, 0.5) is 0 Å². The van der Waals surface area contributed by atoms with Crippen LogP contribution in [0.3, 0.4) is 0 Å². The normalized spacial score (nSPS) is 27.5. The van der Waals surface area contributed by atoms with Crippen molar-refractivity contribution < 1.29 is 4.79 Å². The highest BCUT2D eigenvalue weighted by Crippen LogP contribution is 2.36. The fraction of sp³-hybridized carbons (Fsp3) is 0.895. The van der Waals surface area contributed by atoms with Gasteiger partial charge < -0.3 is 16.0 Å². The summed E-state index contributed by atoms with van der Waals surface area (Å²) in [5.41, 5.74) is 5.71. The van der Waals surface area contributed by atoms with Gasteiger partial charge in [-0.15, -0.1) is 0 Å². The van der Waals surface area contributed by atoms with Gasteiger partial charge in [-0.25, -0.2) is 0 Å². The number of hydrogen-bond donors (Lipinski definition) is 2. The van der Waals surface area contributed by atoms with E-state index in [0.717, 1.165) is 38.4 Å². The molecule has 0 spiro atoms. The molecule has 1 aliphatic carbocycles. The van der Waals surface area contributed by atoms with Crippen molar-refractivity contribution in [3.63, 3.8) is 0 Å². The average molecular weight is 382 g/mol. The molecule has 3 N–H and O–H groups in total. The first-order valence-corrected chi connectivity index (χ1v) is 11.4. The van der Waals surface area contributed by atoms with Crippen LogP contribution in [-0.2, 0) is 4.79 Å². The molecule has 1 amide bonds. The predicted octanol–water partition coefficient (Wildman–Crippen LogP) is 1.51. The van der Waals surface area contributed by atoms with Crippen LogP contribution in [0.1, 0.15) is 44.9 Å². The fourth-order valence-electron chi connectivity index (χ4n) is 4.96. The Labute approximate surface area is 162 Å². The van der Waals surface area contributed by atoms with Crippen LogP contribution in [0, 0.1) is 5.92 Å². The van der Waals surface area contributed by atoms with Crippen LogP contribution in [0.25, 0.3) is 0 Å². The van der Waals surface area contributed by atoms with E-state index in [1.165, 1.54) is 50.3 Å². The first-order valence-electron chi connectivity index (χ1n) is 10.2. The fourth-order valence-corrected chi connectivity index (χ4v) is 5.86. The first kappa shape index (κ1) is 19.8. The Morgan fingerprint density at radius 3 is 2.62 bits per heavy atom. The van der Waals surface area contributed by atoms with Crippen LogP contribution in [0.2, 0.25) is 0 Å². The molecule has 3 rings (SSSR count). The number of piperidine rings is 1. The minimum atomic E-state index is -0.187. The number of hydrogen-bond acceptors (Lipinski definition) is 4. The molecule has 1 unspecified atom stereocenters. The minimum Gasteiger partial charge on any atom is -0.370 e. The monoisotopic (exact) mass is 381 g/mol. The lowest BCUT2D eigenvalue weighted by Crippen LogP contribution is -2.58. The average Bonchev–Trinajstić information content (AvgIpc) is 3.13. The van der Waals surface area contributed by atoms with Crippen molar-refractivity contribution in [2.45, 2.75) is 50.5 Å². The number of carbonyl (C=O) groups is 1. The summed E-state index contributed by atoms with van der Waals surface area (Å²) < 4.78 is 0. The van der Waals surface area contributed by atoms with Crippen LogP contribution >= 0.6 is 11.8 Å². The summed E-state index contributed by atoms with van der Waals surface area (Å²) in [6.07, 6.45) is 7.96. The van der Waals surface area contributed by atoms with Crippen molar-refractivity contribution in [1.82, 2.24) is 15.1 Å². The Bertz CT molecular complexity index is 500. The van der Waals surface area contributed by atoms with Gasteiger partial charge in [-0.05, 0) is 31.6 Å². The molecule has 6 nitrogen and oxygen atoms in total. The van der Waals surface area contributed by atoms with E-state index in [1.54, 1.807) is 0 Å². The second-order valence-electron chi connectivity index (χ2n) is 8.06. The number of carbonyl (C=O) groups excluding carboxylic acids is 1. The van der Waals surface area contributed by atoms with Crippen molar-refractivity contribution in [1.29, 1.82) is 0 Å². The summed E-state index contributed by atoms with van der Waals surface area (Å²) in [5.74, 6) is 3.69. The molecule has 1 saturated carbocycles. The quantitative estimate of drug-likeness (QED) is 0.558. The lowest BCUT2D eigenvalue weighted by Gasteiger charge is -2.44. The highest BCUT2D eigenvalue weighted by Gasteiger charge is 2.40. The molecule has 0 bridgehead atoms. The lowest BCUT2D eigenvalue weighted by atomic mass is 9.94. The van der Waals surface area contributed by atoms with Gasteiger partial charge in [0.15, 0.2) is 5.96 Å². The number of thioether (sulfide) groups is 1. The SMILES string of the molecule is CN=C(NCC1(N2CCSCC2)CCCC1)N1CCCC(CC(N)=O)C1. The third kappa shape index (κ3) is 4.85. The van der Waals surface area contributed by atoms with Gasteiger partial charge >= 0.3 is 0 Å². The van der Waals surface area contributed by atoms with Gasteiger partial charge in [-0.2, -0.15) is 11.8 Å². The Kier molecular flexibility index (Phi) is 7.09. The molecule has 0 aromatic carbocycles. The van der Waals surface area contributed by atoms with Crippen molar-refractivity contribution in [3.05, 3.63) is 0 Å². The Morgan fingerprint density at radius 2 is 1.96 bits per heavy atom. The van der Waals surface area contributed by atoms with Crippen LogP contribution < -0.4 is 11.1 Å². The largest absolute Gasteiger partial charge is 0.370 e. The molecule has 0 aromatic rings. The lowest BCUT2D eigenvalue weighted by molar-refractivity contribution is -0.119. The standard InChI is InChI=1S/C19H35N5OS/c1-21-18(23-8-4-5-16(14-23)13-17(20)25)22-15-19(6-2-3-7-19)24-9-11-26-12-10-24/h16H,2-15H2,1H3,(H2,20,25)(H,21,22). The number of aliphatic imine (C=N–C) groups is 1. The summed E-state index contributed by atoms with van der Waals surface area (Å²) in [6, 6.07) is 0. The number of likely N-dealkylation sites (tertiary alicyclic amines) is 1. The summed E-state index contributed by atoms with van der Waals surface area (Å²) in [6.45, 7) is 5.32. The molecule has 2 aliphatic heterocycles. The maximum Gasteiger partial charge on any atom is 0.217 e. The van der Waals surface area contributed by atoms with Gasteiger partial charge in [0.05, 0.1) is 0 Å². The molecule has 148 valence electrons. The van der Waals surface area contributed by atoms with Crippen molar-refractivity contribution in [2.75, 3.05) is 51.3 Å². The smallest absolute Gasteiger partial charge is 0.217 e.